The Bertz CT molecular complexity index is 171. The molecule has 0 rings (SSSR count). The fourth-order valence-corrected chi connectivity index (χ4v) is 1.29. The number of carboxylic acid groups (broad SMARTS) is 1. The average Bonchev–Trinajstić information content (AvgIpc) is 2.07. The summed E-state index contributed by atoms with van der Waals surface area (Å²) in [7, 11) is 0. The quantitative estimate of drug-likeness (QED) is 0.724. The number of halogens is 1. The van der Waals surface area contributed by atoms with Crippen LogP contribution in [-0.2, 0) is 4.79 Å². The molecule has 12 heavy (non-hydrogen) atoms. The zero-order valence-corrected chi connectivity index (χ0v) is 8.27. The van der Waals surface area contributed by atoms with Gasteiger partial charge in [0, 0.05) is 5.54 Å². The van der Waals surface area contributed by atoms with Crippen molar-refractivity contribution >= 4 is 17.6 Å². The molecule has 70 valence electrons. The van der Waals surface area contributed by atoms with Gasteiger partial charge in [-0.1, -0.05) is 31.5 Å². The van der Waals surface area contributed by atoms with Crippen LogP contribution in [0, 0.1) is 5.41 Å². The SMILES string of the molecule is CCC(CC)(C/C=C/Cl)C(=O)O. The Kier molecular flexibility index (Phi) is 4.98. The van der Waals surface area contributed by atoms with E-state index < -0.39 is 11.4 Å². The molecule has 0 aromatic carbocycles. The molecule has 0 spiro atoms. The molecule has 0 amide bonds. The van der Waals surface area contributed by atoms with Crippen molar-refractivity contribution in [2.75, 3.05) is 0 Å². The number of carboxylic acids is 1. The van der Waals surface area contributed by atoms with E-state index in [0.29, 0.717) is 19.3 Å². The smallest absolute Gasteiger partial charge is 0.309 e. The Labute approximate surface area is 78.2 Å². The van der Waals surface area contributed by atoms with Gasteiger partial charge in [-0.2, -0.15) is 0 Å². The highest BCUT2D eigenvalue weighted by Crippen LogP contribution is 2.31. The summed E-state index contributed by atoms with van der Waals surface area (Å²) in [5.41, 5.74) is 0.758. The maximum atomic E-state index is 10.9. The summed E-state index contributed by atoms with van der Waals surface area (Å²) in [6, 6.07) is 0. The van der Waals surface area contributed by atoms with E-state index in [1.54, 1.807) is 6.08 Å². The zero-order valence-electron chi connectivity index (χ0n) is 7.51. The van der Waals surface area contributed by atoms with Gasteiger partial charge in [0.2, 0.25) is 0 Å². The van der Waals surface area contributed by atoms with Crippen molar-refractivity contribution in [1.82, 2.24) is 0 Å². The summed E-state index contributed by atoms with van der Waals surface area (Å²) < 4.78 is 0. The Morgan fingerprint density at radius 2 is 2.00 bits per heavy atom. The van der Waals surface area contributed by atoms with Crippen LogP contribution in [0.15, 0.2) is 11.6 Å². The highest BCUT2D eigenvalue weighted by atomic mass is 35.5. The minimum Gasteiger partial charge on any atom is -0.481 e. The van der Waals surface area contributed by atoms with Crippen LogP contribution in [0.5, 0.6) is 0 Å². The molecule has 0 aromatic rings. The van der Waals surface area contributed by atoms with Crippen LogP contribution in [0.4, 0.5) is 0 Å². The van der Waals surface area contributed by atoms with E-state index >= 15 is 0 Å². The first-order valence-electron chi connectivity index (χ1n) is 4.11. The van der Waals surface area contributed by atoms with Gasteiger partial charge in [0.05, 0.1) is 5.41 Å². The van der Waals surface area contributed by atoms with Crippen LogP contribution in [0.1, 0.15) is 33.1 Å². The van der Waals surface area contributed by atoms with Gasteiger partial charge in [-0.25, -0.2) is 0 Å². The maximum absolute atomic E-state index is 10.9. The summed E-state index contributed by atoms with van der Waals surface area (Å²) in [6.07, 6.45) is 3.49. The molecular formula is C9H15ClO2. The Hall–Kier alpha value is -0.500. The maximum Gasteiger partial charge on any atom is 0.309 e. The van der Waals surface area contributed by atoms with Crippen LogP contribution >= 0.6 is 11.6 Å². The predicted molar refractivity (Wildman–Crippen MR) is 50.3 cm³/mol. The first-order chi connectivity index (χ1) is 5.63. The minimum absolute atomic E-state index is 0.513. The third-order valence-electron chi connectivity index (χ3n) is 2.40. The number of carbonyl (C=O) groups is 1. The second-order valence-electron chi connectivity index (χ2n) is 2.86. The third-order valence-corrected chi connectivity index (χ3v) is 2.58. The second kappa shape index (κ2) is 5.20. The molecule has 2 nitrogen and oxygen atoms in total. The lowest BCUT2D eigenvalue weighted by molar-refractivity contribution is -0.149. The Morgan fingerprint density at radius 3 is 2.25 bits per heavy atom. The van der Waals surface area contributed by atoms with Gasteiger partial charge >= 0.3 is 5.97 Å². The number of hydrogen-bond donors (Lipinski definition) is 1. The summed E-state index contributed by atoms with van der Waals surface area (Å²) >= 11 is 5.35. The van der Waals surface area contributed by atoms with Crippen molar-refractivity contribution in [2.45, 2.75) is 33.1 Å². The zero-order chi connectivity index (χ0) is 9.61. The molecule has 0 saturated heterocycles. The van der Waals surface area contributed by atoms with Crippen LogP contribution in [0.3, 0.4) is 0 Å². The van der Waals surface area contributed by atoms with Gasteiger partial charge in [-0.15, -0.1) is 0 Å². The fraction of sp³-hybridized carbons (Fsp3) is 0.667. The minimum atomic E-state index is -0.734. The number of allylic oxidation sites excluding steroid dienone is 1. The first-order valence-corrected chi connectivity index (χ1v) is 4.55. The van der Waals surface area contributed by atoms with Gasteiger partial charge in [-0.3, -0.25) is 4.79 Å². The standard InChI is InChI=1S/C9H15ClO2/c1-3-9(4-2,8(11)12)6-5-7-10/h5,7H,3-4,6H2,1-2H3,(H,11,12)/b7-5+. The van der Waals surface area contributed by atoms with E-state index in [1.807, 2.05) is 13.8 Å². The van der Waals surface area contributed by atoms with E-state index in [2.05, 4.69) is 0 Å². The van der Waals surface area contributed by atoms with Gasteiger partial charge in [0.15, 0.2) is 0 Å². The average molecular weight is 191 g/mol. The van der Waals surface area contributed by atoms with Crippen LogP contribution in [0.2, 0.25) is 0 Å². The lowest BCUT2D eigenvalue weighted by Crippen LogP contribution is -2.28. The van der Waals surface area contributed by atoms with Crippen LogP contribution in [-0.4, -0.2) is 11.1 Å². The molecule has 0 fully saturated rings. The summed E-state index contributed by atoms with van der Waals surface area (Å²) in [4.78, 5) is 10.9. The van der Waals surface area contributed by atoms with Crippen molar-refractivity contribution < 1.29 is 9.90 Å². The monoisotopic (exact) mass is 190 g/mol. The summed E-state index contributed by atoms with van der Waals surface area (Å²) in [6.45, 7) is 3.78. The van der Waals surface area contributed by atoms with Crippen molar-refractivity contribution in [3.8, 4) is 0 Å². The summed E-state index contributed by atoms with van der Waals surface area (Å²) in [5, 5.41) is 8.97. The molecule has 0 unspecified atom stereocenters. The Morgan fingerprint density at radius 1 is 1.50 bits per heavy atom. The van der Waals surface area contributed by atoms with Gasteiger partial charge in [0.1, 0.15) is 0 Å². The van der Waals surface area contributed by atoms with E-state index in [-0.39, 0.29) is 0 Å². The first kappa shape index (κ1) is 11.5. The molecule has 0 saturated carbocycles. The molecule has 0 atom stereocenters. The van der Waals surface area contributed by atoms with Crippen molar-refractivity contribution in [1.29, 1.82) is 0 Å². The van der Waals surface area contributed by atoms with Crippen LogP contribution < -0.4 is 0 Å². The fourth-order valence-electron chi connectivity index (χ4n) is 1.20. The molecule has 0 radical (unpaired) electrons. The van der Waals surface area contributed by atoms with Crippen molar-refractivity contribution in [3.05, 3.63) is 11.6 Å². The molecule has 3 heteroatoms. The molecule has 0 aliphatic carbocycles. The lowest BCUT2D eigenvalue weighted by atomic mass is 9.79. The number of hydrogen-bond acceptors (Lipinski definition) is 1. The van der Waals surface area contributed by atoms with Gasteiger partial charge < -0.3 is 5.11 Å². The van der Waals surface area contributed by atoms with E-state index in [9.17, 15) is 4.79 Å². The van der Waals surface area contributed by atoms with E-state index in [4.69, 9.17) is 16.7 Å². The van der Waals surface area contributed by atoms with Gasteiger partial charge in [0.25, 0.3) is 0 Å². The number of aliphatic carboxylic acids is 1. The molecular weight excluding hydrogens is 176 g/mol. The molecule has 0 aliphatic rings. The van der Waals surface area contributed by atoms with Crippen LogP contribution in [0.25, 0.3) is 0 Å². The highest BCUT2D eigenvalue weighted by molar-refractivity contribution is 6.25. The lowest BCUT2D eigenvalue weighted by Gasteiger charge is -2.24. The molecule has 0 heterocycles. The van der Waals surface area contributed by atoms with Crippen molar-refractivity contribution in [3.63, 3.8) is 0 Å². The molecule has 1 N–H and O–H groups in total. The van der Waals surface area contributed by atoms with Gasteiger partial charge in [-0.05, 0) is 19.3 Å². The normalized spacial score (nSPS) is 12.2. The second-order valence-corrected chi connectivity index (χ2v) is 3.11. The van der Waals surface area contributed by atoms with E-state index in [0.717, 1.165) is 0 Å². The molecule has 0 bridgehead atoms. The predicted octanol–water partition coefficient (Wildman–Crippen LogP) is 3.02. The Balaban J connectivity index is 4.46. The highest BCUT2D eigenvalue weighted by Gasteiger charge is 2.33. The largest absolute Gasteiger partial charge is 0.481 e. The van der Waals surface area contributed by atoms with Crippen molar-refractivity contribution in [2.24, 2.45) is 5.41 Å². The third kappa shape index (κ3) is 2.52. The molecule has 0 aromatic heterocycles. The topological polar surface area (TPSA) is 37.3 Å². The number of rotatable bonds is 5. The summed E-state index contributed by atoms with van der Waals surface area (Å²) in [5.74, 6) is -0.734. The van der Waals surface area contributed by atoms with E-state index in [1.165, 1.54) is 5.54 Å². The molecule has 0 aliphatic heterocycles.